The summed E-state index contributed by atoms with van der Waals surface area (Å²) < 4.78 is 62.5. The molecule has 9 heteroatoms. The highest BCUT2D eigenvalue weighted by Crippen LogP contribution is 2.43. The summed E-state index contributed by atoms with van der Waals surface area (Å²) in [4.78, 5) is 9.72. The normalized spacial score (nSPS) is 14.3. The Balaban J connectivity index is 3.25. The number of halogens is 5. The van der Waals surface area contributed by atoms with Gasteiger partial charge in [-0.1, -0.05) is 12.1 Å². The number of alkyl halides is 5. The van der Waals surface area contributed by atoms with Crippen molar-refractivity contribution in [3.05, 3.63) is 39.4 Å². The first-order valence-electron chi connectivity index (χ1n) is 4.93. The van der Waals surface area contributed by atoms with Gasteiger partial charge in [0.2, 0.25) is 0 Å². The van der Waals surface area contributed by atoms with E-state index in [1.807, 2.05) is 0 Å². The summed E-state index contributed by atoms with van der Waals surface area (Å²) in [7, 11) is 0. The molecule has 0 aliphatic rings. The Morgan fingerprint density at radius 3 is 2.21 bits per heavy atom. The van der Waals surface area contributed by atoms with Gasteiger partial charge >= 0.3 is 12.1 Å². The molecule has 0 unspecified atom stereocenters. The highest BCUT2D eigenvalue weighted by atomic mass is 19.4. The van der Waals surface area contributed by atoms with E-state index in [-0.39, 0.29) is 5.56 Å². The second-order valence-electron chi connectivity index (χ2n) is 3.90. The van der Waals surface area contributed by atoms with Gasteiger partial charge in [-0.2, -0.15) is 22.0 Å². The van der Waals surface area contributed by atoms with Gasteiger partial charge in [0.15, 0.2) is 0 Å². The summed E-state index contributed by atoms with van der Waals surface area (Å²) in [6.07, 6.45) is -5.83. The van der Waals surface area contributed by atoms with Gasteiger partial charge in [-0.05, 0) is 12.5 Å². The van der Waals surface area contributed by atoms with Gasteiger partial charge in [-0.3, -0.25) is 10.1 Å². The fourth-order valence-corrected chi connectivity index (χ4v) is 1.40. The van der Waals surface area contributed by atoms with Crippen molar-refractivity contribution in [2.24, 2.45) is 5.73 Å². The van der Waals surface area contributed by atoms with Crippen molar-refractivity contribution in [2.75, 3.05) is 0 Å². The summed E-state index contributed by atoms with van der Waals surface area (Å²) in [6.45, 7) is 1.33. The zero-order valence-corrected chi connectivity index (χ0v) is 9.54. The van der Waals surface area contributed by atoms with E-state index >= 15 is 0 Å². The lowest BCUT2D eigenvalue weighted by Gasteiger charge is -2.25. The number of nitrogens with zero attached hydrogens (tertiary/aromatic N) is 1. The quantitative estimate of drug-likeness (QED) is 0.526. The molecule has 1 aromatic carbocycles. The van der Waals surface area contributed by atoms with Gasteiger partial charge in [-0.25, -0.2) is 0 Å². The van der Waals surface area contributed by atoms with Crippen molar-refractivity contribution < 1.29 is 26.9 Å². The SMILES string of the molecule is Cc1ccc([C@@H](N)C(F)(F)C(F)(F)F)cc1[N+](=O)[O-]. The summed E-state index contributed by atoms with van der Waals surface area (Å²) in [5.74, 6) is -5.17. The van der Waals surface area contributed by atoms with Crippen LogP contribution in [0, 0.1) is 17.0 Å². The zero-order valence-electron chi connectivity index (χ0n) is 9.54. The summed E-state index contributed by atoms with van der Waals surface area (Å²) in [6, 6.07) is -0.0988. The maximum atomic E-state index is 13.0. The van der Waals surface area contributed by atoms with E-state index in [1.165, 1.54) is 6.92 Å². The molecule has 0 aliphatic heterocycles. The van der Waals surface area contributed by atoms with Crippen LogP contribution in [-0.2, 0) is 0 Å². The van der Waals surface area contributed by atoms with E-state index < -0.39 is 34.3 Å². The monoisotopic (exact) mass is 284 g/mol. The van der Waals surface area contributed by atoms with Crippen LogP contribution in [0.1, 0.15) is 17.2 Å². The zero-order chi connectivity index (χ0) is 15.0. The minimum atomic E-state index is -5.83. The minimum Gasteiger partial charge on any atom is -0.319 e. The van der Waals surface area contributed by atoms with E-state index in [9.17, 15) is 32.1 Å². The van der Waals surface area contributed by atoms with Crippen molar-refractivity contribution in [3.63, 3.8) is 0 Å². The molecule has 2 N–H and O–H groups in total. The van der Waals surface area contributed by atoms with Crippen LogP contribution >= 0.6 is 0 Å². The fraction of sp³-hybridized carbons (Fsp3) is 0.400. The third-order valence-electron chi connectivity index (χ3n) is 2.56. The van der Waals surface area contributed by atoms with Gasteiger partial charge in [0, 0.05) is 11.6 Å². The van der Waals surface area contributed by atoms with E-state index in [1.54, 1.807) is 0 Å². The van der Waals surface area contributed by atoms with Crippen LogP contribution in [0.2, 0.25) is 0 Å². The first-order valence-corrected chi connectivity index (χ1v) is 4.93. The van der Waals surface area contributed by atoms with Crippen molar-refractivity contribution >= 4 is 5.69 Å². The molecule has 0 radical (unpaired) electrons. The smallest absolute Gasteiger partial charge is 0.319 e. The van der Waals surface area contributed by atoms with Crippen LogP contribution in [0.5, 0.6) is 0 Å². The van der Waals surface area contributed by atoms with E-state index in [2.05, 4.69) is 0 Å². The highest BCUT2D eigenvalue weighted by Gasteiger charge is 2.61. The molecule has 0 fully saturated rings. The van der Waals surface area contributed by atoms with Crippen LogP contribution in [-0.4, -0.2) is 17.0 Å². The maximum Gasteiger partial charge on any atom is 0.455 e. The second-order valence-corrected chi connectivity index (χ2v) is 3.90. The molecule has 0 bridgehead atoms. The minimum absolute atomic E-state index is 0.135. The number of rotatable bonds is 3. The van der Waals surface area contributed by atoms with Crippen LogP contribution in [0.3, 0.4) is 0 Å². The van der Waals surface area contributed by atoms with Crippen LogP contribution in [0.4, 0.5) is 27.6 Å². The summed E-state index contributed by atoms with van der Waals surface area (Å²) in [5.41, 5.74) is 3.80. The molecule has 1 aromatic rings. The van der Waals surface area contributed by atoms with Crippen molar-refractivity contribution in [3.8, 4) is 0 Å². The summed E-state index contributed by atoms with van der Waals surface area (Å²) in [5, 5.41) is 10.6. The molecule has 0 amide bonds. The van der Waals surface area contributed by atoms with Crippen LogP contribution in [0.25, 0.3) is 0 Å². The molecule has 0 aromatic heterocycles. The number of benzene rings is 1. The molecule has 0 spiro atoms. The fourth-order valence-electron chi connectivity index (χ4n) is 1.40. The molecule has 1 atom stereocenters. The molecular weight excluding hydrogens is 275 g/mol. The Hall–Kier alpha value is -1.77. The van der Waals surface area contributed by atoms with E-state index in [0.29, 0.717) is 6.07 Å². The van der Waals surface area contributed by atoms with E-state index in [4.69, 9.17) is 5.73 Å². The lowest BCUT2D eigenvalue weighted by molar-refractivity contribution is -0.385. The number of nitro benzene ring substituents is 1. The maximum absolute atomic E-state index is 13.0. The predicted molar refractivity (Wildman–Crippen MR) is 55.8 cm³/mol. The first kappa shape index (κ1) is 15.3. The van der Waals surface area contributed by atoms with Gasteiger partial charge in [0.25, 0.3) is 5.69 Å². The second kappa shape index (κ2) is 4.72. The molecular formula is C10H9F5N2O2. The lowest BCUT2D eigenvalue weighted by atomic mass is 9.99. The Kier molecular flexibility index (Phi) is 3.80. The number of aryl methyl sites for hydroxylation is 1. The molecule has 4 nitrogen and oxygen atoms in total. The lowest BCUT2D eigenvalue weighted by Crippen LogP contribution is -2.45. The molecule has 0 saturated carbocycles. The van der Waals surface area contributed by atoms with Gasteiger partial charge in [0.05, 0.1) is 4.92 Å². The predicted octanol–water partition coefficient (Wildman–Crippen LogP) is 3.10. The number of nitrogens with two attached hydrogens (primary N) is 1. The van der Waals surface area contributed by atoms with Gasteiger partial charge in [-0.15, -0.1) is 0 Å². The van der Waals surface area contributed by atoms with Crippen LogP contribution < -0.4 is 5.73 Å². The first-order chi connectivity index (χ1) is 8.48. The third-order valence-corrected chi connectivity index (χ3v) is 2.56. The van der Waals surface area contributed by atoms with Gasteiger partial charge in [0.1, 0.15) is 6.04 Å². The topological polar surface area (TPSA) is 69.2 Å². The van der Waals surface area contributed by atoms with Crippen molar-refractivity contribution in [1.82, 2.24) is 0 Å². The largest absolute Gasteiger partial charge is 0.455 e. The number of hydrogen-bond donors (Lipinski definition) is 1. The Morgan fingerprint density at radius 1 is 1.26 bits per heavy atom. The molecule has 19 heavy (non-hydrogen) atoms. The van der Waals surface area contributed by atoms with Crippen LogP contribution in [0.15, 0.2) is 18.2 Å². The Labute approximate surface area is 104 Å². The summed E-state index contributed by atoms with van der Waals surface area (Å²) >= 11 is 0. The Bertz CT molecular complexity index is 501. The van der Waals surface area contributed by atoms with Crippen molar-refractivity contribution in [1.29, 1.82) is 0 Å². The van der Waals surface area contributed by atoms with Crippen molar-refractivity contribution in [2.45, 2.75) is 25.1 Å². The molecule has 0 aliphatic carbocycles. The molecule has 0 saturated heterocycles. The average Bonchev–Trinajstić information content (AvgIpc) is 2.26. The number of nitro groups is 1. The third kappa shape index (κ3) is 2.80. The average molecular weight is 284 g/mol. The Morgan fingerprint density at radius 2 is 1.79 bits per heavy atom. The number of hydrogen-bond acceptors (Lipinski definition) is 3. The highest BCUT2D eigenvalue weighted by molar-refractivity contribution is 5.43. The molecule has 0 heterocycles. The van der Waals surface area contributed by atoms with E-state index in [0.717, 1.165) is 12.1 Å². The standard InChI is InChI=1S/C10H9F5N2O2/c1-5-2-3-6(4-7(5)17(18)19)8(16)9(11,12)10(13,14)15/h2-4,8H,16H2,1H3/t8-/m1/s1. The molecule has 1 rings (SSSR count). The molecule has 106 valence electrons. The van der Waals surface area contributed by atoms with Gasteiger partial charge < -0.3 is 5.73 Å².